The molecule has 0 unspecified atom stereocenters. The van der Waals surface area contributed by atoms with E-state index in [1.165, 1.54) is 28.4 Å². The van der Waals surface area contributed by atoms with E-state index in [-0.39, 0.29) is 29.9 Å². The third kappa shape index (κ3) is 7.85. The predicted octanol–water partition coefficient (Wildman–Crippen LogP) is 6.57. The molecular weight excluding hydrogens is 644 g/mol. The molecular formula is C34H34N2O13. The molecule has 0 saturated carbocycles. The molecule has 3 aromatic carbocycles. The van der Waals surface area contributed by atoms with Gasteiger partial charge in [-0.1, -0.05) is 18.2 Å². The monoisotopic (exact) mass is 678 g/mol. The molecule has 2 amide bonds. The molecule has 0 spiro atoms. The first-order valence-corrected chi connectivity index (χ1v) is 14.4. The fraction of sp³-hybridized carbons (Fsp3) is 0.176. The first kappa shape index (κ1) is 35.2. The van der Waals surface area contributed by atoms with Crippen molar-refractivity contribution in [2.75, 3.05) is 45.7 Å². The zero-order valence-corrected chi connectivity index (χ0v) is 27.0. The predicted molar refractivity (Wildman–Crippen MR) is 176 cm³/mol. The van der Waals surface area contributed by atoms with Crippen LogP contribution in [0.3, 0.4) is 0 Å². The molecule has 2 heterocycles. The normalized spacial score (nSPS) is 10.3. The van der Waals surface area contributed by atoms with Gasteiger partial charge in [-0.3, -0.25) is 15.4 Å². The smallest absolute Gasteiger partial charge is 0.414 e. The Bertz CT molecular complexity index is 1920. The molecule has 6 N–H and O–H groups in total. The van der Waals surface area contributed by atoms with Crippen molar-refractivity contribution in [2.45, 2.75) is 6.92 Å². The quantitative estimate of drug-likeness (QED) is 0.0924. The van der Waals surface area contributed by atoms with Gasteiger partial charge >= 0.3 is 6.09 Å². The summed E-state index contributed by atoms with van der Waals surface area (Å²) in [5.41, 5.74) is 1.08. The summed E-state index contributed by atoms with van der Waals surface area (Å²) in [4.78, 5) is 23.7. The highest BCUT2D eigenvalue weighted by Crippen LogP contribution is 2.49. The van der Waals surface area contributed by atoms with Gasteiger partial charge in [0.1, 0.15) is 23.0 Å². The number of aromatic hydroxyl groups is 4. The summed E-state index contributed by atoms with van der Waals surface area (Å²) < 4.78 is 36.3. The molecule has 0 atom stereocenters. The second-order valence-corrected chi connectivity index (χ2v) is 9.71. The minimum Gasteiger partial charge on any atom is -0.502 e. The van der Waals surface area contributed by atoms with Gasteiger partial charge < -0.3 is 52.9 Å². The van der Waals surface area contributed by atoms with Crippen LogP contribution in [0.25, 0.3) is 22.6 Å². The molecule has 49 heavy (non-hydrogen) atoms. The van der Waals surface area contributed by atoms with E-state index >= 15 is 0 Å². The number of methoxy groups -OCH3 is 4. The molecule has 0 aliphatic carbocycles. The number of amides is 2. The zero-order chi connectivity index (χ0) is 35.7. The number of anilines is 2. The number of rotatable bonds is 10. The van der Waals surface area contributed by atoms with Gasteiger partial charge in [0.25, 0.3) is 5.91 Å². The van der Waals surface area contributed by atoms with Crippen molar-refractivity contribution < 1.29 is 62.5 Å². The van der Waals surface area contributed by atoms with Crippen molar-refractivity contribution in [3.63, 3.8) is 0 Å². The van der Waals surface area contributed by atoms with Crippen LogP contribution in [-0.2, 0) is 4.74 Å². The van der Waals surface area contributed by atoms with Crippen molar-refractivity contribution in [1.29, 1.82) is 0 Å². The highest BCUT2D eigenvalue weighted by molar-refractivity contribution is 6.04. The summed E-state index contributed by atoms with van der Waals surface area (Å²) in [7, 11) is 5.89. The molecule has 5 rings (SSSR count). The van der Waals surface area contributed by atoms with Crippen LogP contribution < -0.4 is 29.6 Å². The van der Waals surface area contributed by atoms with Crippen LogP contribution in [0.15, 0.2) is 75.6 Å². The van der Waals surface area contributed by atoms with Crippen LogP contribution >= 0.6 is 0 Å². The maximum atomic E-state index is 12.2. The van der Waals surface area contributed by atoms with Crippen LogP contribution in [-0.4, -0.2) is 67.5 Å². The number of hydrogen-bond acceptors (Lipinski definition) is 13. The first-order chi connectivity index (χ1) is 23.6. The number of nitrogens with one attached hydrogen (secondary N) is 2. The van der Waals surface area contributed by atoms with E-state index in [2.05, 4.69) is 15.4 Å². The third-order valence-corrected chi connectivity index (χ3v) is 6.77. The highest BCUT2D eigenvalue weighted by Gasteiger charge is 2.26. The molecule has 5 aromatic rings. The summed E-state index contributed by atoms with van der Waals surface area (Å²) in [6, 6.07) is 18.2. The summed E-state index contributed by atoms with van der Waals surface area (Å²) in [5.74, 6) is -1.67. The van der Waals surface area contributed by atoms with Crippen molar-refractivity contribution in [2.24, 2.45) is 0 Å². The van der Waals surface area contributed by atoms with E-state index in [9.17, 15) is 30.0 Å². The summed E-state index contributed by atoms with van der Waals surface area (Å²) in [6.07, 6.45) is -0.819. The van der Waals surface area contributed by atoms with Gasteiger partial charge in [-0.05, 0) is 55.5 Å². The van der Waals surface area contributed by atoms with Crippen molar-refractivity contribution in [1.82, 2.24) is 0 Å². The lowest BCUT2D eigenvalue weighted by atomic mass is 10.1. The van der Waals surface area contributed by atoms with Crippen LogP contribution in [0.4, 0.5) is 16.6 Å². The van der Waals surface area contributed by atoms with Crippen LogP contribution in [0.1, 0.15) is 17.3 Å². The van der Waals surface area contributed by atoms with E-state index in [0.717, 1.165) is 0 Å². The second kappa shape index (κ2) is 15.8. The number of ether oxygens (including phenoxy) is 5. The Balaban J connectivity index is 0.000000223. The Labute approximate surface area is 279 Å². The number of benzene rings is 3. The summed E-state index contributed by atoms with van der Waals surface area (Å²) in [6.45, 7) is 1.78. The maximum absolute atomic E-state index is 12.2. The van der Waals surface area contributed by atoms with Crippen LogP contribution in [0.2, 0.25) is 0 Å². The average Bonchev–Trinajstić information content (AvgIpc) is 3.56. The molecule has 0 aliphatic heterocycles. The molecule has 2 aromatic heterocycles. The number of hydrogen-bond donors (Lipinski definition) is 6. The molecule has 0 aliphatic rings. The number of carbonyl (C=O) groups excluding carboxylic acids is 2. The molecule has 258 valence electrons. The van der Waals surface area contributed by atoms with E-state index in [1.54, 1.807) is 73.7 Å². The van der Waals surface area contributed by atoms with Gasteiger partial charge in [0.15, 0.2) is 11.5 Å². The van der Waals surface area contributed by atoms with Crippen molar-refractivity contribution in [3.05, 3.63) is 72.3 Å². The van der Waals surface area contributed by atoms with Crippen LogP contribution in [0.5, 0.6) is 46.0 Å². The SMILES string of the molecule is CCOC(=O)Nc1oc(-c2cc(OC)ccc2OC)c(O)c1O.COc1ccc(OC)c(-c2oc(NC(=O)c3ccccc3)c(O)c2O)c1. The first-order valence-electron chi connectivity index (χ1n) is 14.4. The van der Waals surface area contributed by atoms with E-state index < -0.39 is 35.0 Å². The summed E-state index contributed by atoms with van der Waals surface area (Å²) >= 11 is 0. The molecule has 15 nitrogen and oxygen atoms in total. The van der Waals surface area contributed by atoms with Gasteiger partial charge in [-0.2, -0.15) is 0 Å². The average molecular weight is 679 g/mol. The minimum atomic E-state index is -0.819. The van der Waals surface area contributed by atoms with Gasteiger partial charge in [0.2, 0.25) is 34.8 Å². The Hall–Kier alpha value is -6.64. The zero-order valence-electron chi connectivity index (χ0n) is 27.0. The fourth-order valence-electron chi connectivity index (χ4n) is 4.37. The van der Waals surface area contributed by atoms with E-state index in [1.807, 2.05) is 0 Å². The fourth-order valence-corrected chi connectivity index (χ4v) is 4.37. The maximum Gasteiger partial charge on any atom is 0.414 e. The lowest BCUT2D eigenvalue weighted by Gasteiger charge is -2.08. The second-order valence-electron chi connectivity index (χ2n) is 9.71. The van der Waals surface area contributed by atoms with Gasteiger partial charge in [0.05, 0.1) is 46.2 Å². The number of furan rings is 2. The summed E-state index contributed by atoms with van der Waals surface area (Å²) in [5, 5.41) is 45.0. The molecule has 0 bridgehead atoms. The minimum absolute atomic E-state index is 0.0541. The van der Waals surface area contributed by atoms with Crippen molar-refractivity contribution >= 4 is 23.8 Å². The van der Waals surface area contributed by atoms with Gasteiger partial charge in [0, 0.05) is 5.56 Å². The molecule has 15 heteroatoms. The molecule has 0 radical (unpaired) electrons. The number of carbonyl (C=O) groups is 2. The molecule has 0 saturated heterocycles. The van der Waals surface area contributed by atoms with Gasteiger partial charge in [-0.25, -0.2) is 4.79 Å². The largest absolute Gasteiger partial charge is 0.502 e. The van der Waals surface area contributed by atoms with Gasteiger partial charge in [-0.15, -0.1) is 0 Å². The lowest BCUT2D eigenvalue weighted by Crippen LogP contribution is -2.12. The Morgan fingerprint density at radius 3 is 1.53 bits per heavy atom. The standard InChI is InChI=1S/C19H17NO6.C15H17NO7/c1-24-12-8-9-14(25-2)13(10-12)17-15(21)16(22)19(26-17)20-18(23)11-6-4-3-5-7-11;1-4-22-15(19)16-14-12(18)11(17)13(23-14)9-7-8(20-2)5-6-10(9)21-3/h3-10,21-22H,1-2H3,(H,20,23);5-7,17-18H,4H2,1-3H3,(H,16,19). The Morgan fingerprint density at radius 1 is 0.633 bits per heavy atom. The molecule has 0 fully saturated rings. The topological polar surface area (TPSA) is 212 Å². The van der Waals surface area contributed by atoms with Crippen LogP contribution in [0, 0.1) is 0 Å². The van der Waals surface area contributed by atoms with E-state index in [4.69, 9.17) is 27.8 Å². The Morgan fingerprint density at radius 2 is 1.10 bits per heavy atom. The lowest BCUT2D eigenvalue weighted by molar-refractivity contribution is 0.102. The van der Waals surface area contributed by atoms with E-state index in [0.29, 0.717) is 39.7 Å². The Kier molecular flexibility index (Phi) is 11.3. The van der Waals surface area contributed by atoms with Crippen molar-refractivity contribution in [3.8, 4) is 68.6 Å². The third-order valence-electron chi connectivity index (χ3n) is 6.77. The highest BCUT2D eigenvalue weighted by atomic mass is 16.6.